The molecule has 0 amide bonds. The average molecular weight is 499 g/mol. The van der Waals surface area contributed by atoms with E-state index in [4.69, 9.17) is 23.7 Å². The van der Waals surface area contributed by atoms with Gasteiger partial charge < -0.3 is 23.7 Å². The van der Waals surface area contributed by atoms with E-state index < -0.39 is 48.4 Å². The predicted octanol–water partition coefficient (Wildman–Crippen LogP) is 1.10. The lowest BCUT2D eigenvalue weighted by Gasteiger charge is -2.23. The summed E-state index contributed by atoms with van der Waals surface area (Å²) in [5, 5.41) is 4.26. The molecule has 1 aromatic carbocycles. The number of benzene rings is 1. The molecule has 3 rings (SSSR count). The van der Waals surface area contributed by atoms with Gasteiger partial charge in [-0.2, -0.15) is 4.98 Å². The van der Waals surface area contributed by atoms with Crippen LogP contribution in [0.25, 0.3) is 0 Å². The van der Waals surface area contributed by atoms with Gasteiger partial charge in [0.25, 0.3) is 0 Å². The maximum Gasteiger partial charge on any atom is 0.375 e. The Morgan fingerprint density at radius 3 is 2.19 bits per heavy atom. The van der Waals surface area contributed by atoms with Crippen molar-refractivity contribution in [3.8, 4) is 11.8 Å². The Labute approximate surface area is 206 Å². The smallest absolute Gasteiger partial charge is 0.375 e. The van der Waals surface area contributed by atoms with Gasteiger partial charge in [-0.25, -0.2) is 9.48 Å². The highest BCUT2D eigenvalue weighted by molar-refractivity contribution is 5.85. The third kappa shape index (κ3) is 6.45. The molecule has 4 atom stereocenters. The third-order valence-electron chi connectivity index (χ3n) is 4.95. The summed E-state index contributed by atoms with van der Waals surface area (Å²) in [5.74, 6) is 2.50. The van der Waals surface area contributed by atoms with Gasteiger partial charge in [0.05, 0.1) is 7.11 Å². The SMILES string of the molecule is COC(=O)c1nc(C#Cc2ccc(C)cc2)nn1[C@@H]1O[C@H](COC(C)=O)[C@@H](OC(C)=O)[C@H]1OC(C)=O. The number of aromatic nitrogens is 3. The molecule has 0 spiro atoms. The standard InChI is InChI=1S/C24H25N3O9/c1-13-6-8-17(9-7-13)10-11-19-25-22(24(31)32-5)27(26-19)23-21(35-16(4)30)20(34-15(3)29)18(36-23)12-33-14(2)28/h6-9,18,20-21,23H,12H2,1-5H3/t18-,20-,21-,23-/m1/s1. The molecule has 1 fully saturated rings. The Morgan fingerprint density at radius 2 is 1.61 bits per heavy atom. The summed E-state index contributed by atoms with van der Waals surface area (Å²) in [6, 6.07) is 7.43. The molecule has 36 heavy (non-hydrogen) atoms. The van der Waals surface area contributed by atoms with Crippen LogP contribution in [0.3, 0.4) is 0 Å². The van der Waals surface area contributed by atoms with Crippen LogP contribution in [0.4, 0.5) is 0 Å². The Morgan fingerprint density at radius 1 is 0.972 bits per heavy atom. The Hall–Kier alpha value is -4.24. The van der Waals surface area contributed by atoms with Crippen molar-refractivity contribution in [3.05, 3.63) is 47.0 Å². The molecule has 1 saturated heterocycles. The molecule has 0 radical (unpaired) electrons. The second-order valence-electron chi connectivity index (χ2n) is 7.83. The first-order valence-electron chi connectivity index (χ1n) is 10.9. The van der Waals surface area contributed by atoms with E-state index in [1.54, 1.807) is 0 Å². The molecular formula is C24H25N3O9. The number of ether oxygens (including phenoxy) is 5. The molecule has 0 unspecified atom stereocenters. The topological polar surface area (TPSA) is 145 Å². The van der Waals surface area contributed by atoms with Crippen molar-refractivity contribution in [2.75, 3.05) is 13.7 Å². The summed E-state index contributed by atoms with van der Waals surface area (Å²) in [7, 11) is 1.16. The van der Waals surface area contributed by atoms with Crippen LogP contribution in [-0.2, 0) is 38.1 Å². The van der Waals surface area contributed by atoms with E-state index in [1.165, 1.54) is 6.92 Å². The maximum atomic E-state index is 12.5. The normalized spacial score (nSPS) is 20.6. The van der Waals surface area contributed by atoms with Crippen molar-refractivity contribution in [2.45, 2.75) is 52.2 Å². The number of hydrogen-bond acceptors (Lipinski definition) is 11. The zero-order valence-corrected chi connectivity index (χ0v) is 20.3. The van der Waals surface area contributed by atoms with Crippen LogP contribution in [0, 0.1) is 18.8 Å². The van der Waals surface area contributed by atoms with Crippen LogP contribution in [0.1, 0.15) is 54.6 Å². The van der Waals surface area contributed by atoms with Crippen molar-refractivity contribution >= 4 is 23.9 Å². The Balaban J connectivity index is 2.04. The van der Waals surface area contributed by atoms with E-state index >= 15 is 0 Å². The molecule has 12 heteroatoms. The van der Waals surface area contributed by atoms with Crippen LogP contribution < -0.4 is 0 Å². The van der Waals surface area contributed by atoms with Gasteiger partial charge in [0.1, 0.15) is 12.7 Å². The van der Waals surface area contributed by atoms with Gasteiger partial charge in [-0.05, 0) is 25.0 Å². The minimum Gasteiger partial charge on any atom is -0.463 e. The van der Waals surface area contributed by atoms with Crippen molar-refractivity contribution in [2.24, 2.45) is 0 Å². The van der Waals surface area contributed by atoms with Gasteiger partial charge in [0.2, 0.25) is 11.6 Å². The zero-order chi connectivity index (χ0) is 26.4. The summed E-state index contributed by atoms with van der Waals surface area (Å²) >= 11 is 0. The van der Waals surface area contributed by atoms with Gasteiger partial charge in [0, 0.05) is 26.3 Å². The second kappa shape index (κ2) is 11.5. The first-order valence-corrected chi connectivity index (χ1v) is 10.9. The zero-order valence-electron chi connectivity index (χ0n) is 20.3. The first-order chi connectivity index (χ1) is 17.1. The summed E-state index contributed by atoms with van der Waals surface area (Å²) in [6.45, 7) is 5.14. The summed E-state index contributed by atoms with van der Waals surface area (Å²) in [6.07, 6.45) is -4.75. The van der Waals surface area contributed by atoms with E-state index in [0.717, 1.165) is 31.2 Å². The first kappa shape index (κ1) is 26.4. The molecule has 1 aromatic heterocycles. The molecule has 0 N–H and O–H groups in total. The van der Waals surface area contributed by atoms with Crippen molar-refractivity contribution in [3.63, 3.8) is 0 Å². The van der Waals surface area contributed by atoms with E-state index in [-0.39, 0.29) is 18.3 Å². The van der Waals surface area contributed by atoms with Gasteiger partial charge in [-0.1, -0.05) is 23.6 Å². The van der Waals surface area contributed by atoms with Crippen LogP contribution in [0.15, 0.2) is 24.3 Å². The van der Waals surface area contributed by atoms with Gasteiger partial charge >= 0.3 is 23.9 Å². The minimum absolute atomic E-state index is 0.0337. The molecule has 1 aliphatic rings. The number of hydrogen-bond donors (Lipinski definition) is 0. The van der Waals surface area contributed by atoms with E-state index in [1.807, 2.05) is 31.2 Å². The predicted molar refractivity (Wildman–Crippen MR) is 120 cm³/mol. The molecule has 0 saturated carbocycles. The highest BCUT2D eigenvalue weighted by Crippen LogP contribution is 2.35. The molecule has 190 valence electrons. The lowest BCUT2D eigenvalue weighted by molar-refractivity contribution is -0.166. The van der Waals surface area contributed by atoms with Crippen LogP contribution in [0.5, 0.6) is 0 Å². The van der Waals surface area contributed by atoms with Crippen molar-refractivity contribution in [1.29, 1.82) is 0 Å². The molecular weight excluding hydrogens is 474 g/mol. The quantitative estimate of drug-likeness (QED) is 0.320. The van der Waals surface area contributed by atoms with Crippen molar-refractivity contribution < 1.29 is 42.9 Å². The number of carbonyl (C=O) groups is 4. The molecule has 0 aliphatic carbocycles. The average Bonchev–Trinajstić information content (AvgIpc) is 3.38. The third-order valence-corrected chi connectivity index (χ3v) is 4.95. The summed E-state index contributed by atoms with van der Waals surface area (Å²) < 4.78 is 27.5. The minimum atomic E-state index is -1.28. The number of nitrogens with zero attached hydrogens (tertiary/aromatic N) is 3. The maximum absolute atomic E-state index is 12.5. The monoisotopic (exact) mass is 499 g/mol. The highest BCUT2D eigenvalue weighted by atomic mass is 16.7. The Kier molecular flexibility index (Phi) is 8.39. The fourth-order valence-electron chi connectivity index (χ4n) is 3.44. The van der Waals surface area contributed by atoms with Crippen LogP contribution >= 0.6 is 0 Å². The fraction of sp³-hybridized carbons (Fsp3) is 0.417. The van der Waals surface area contributed by atoms with Gasteiger partial charge in [-0.3, -0.25) is 14.4 Å². The van der Waals surface area contributed by atoms with Crippen LogP contribution in [-0.4, -0.2) is 70.7 Å². The number of aryl methyl sites for hydroxylation is 1. The number of rotatable bonds is 6. The second-order valence-corrected chi connectivity index (χ2v) is 7.83. The summed E-state index contributed by atoms with van der Waals surface area (Å²) in [4.78, 5) is 51.6. The molecule has 2 aromatic rings. The lowest BCUT2D eigenvalue weighted by atomic mass is 10.1. The Bertz CT molecular complexity index is 1210. The number of carbonyl (C=O) groups excluding carboxylic acids is 4. The van der Waals surface area contributed by atoms with Gasteiger partial charge in [0.15, 0.2) is 18.4 Å². The highest BCUT2D eigenvalue weighted by Gasteiger charge is 2.52. The largest absolute Gasteiger partial charge is 0.463 e. The molecule has 12 nitrogen and oxygen atoms in total. The van der Waals surface area contributed by atoms with Crippen molar-refractivity contribution in [1.82, 2.24) is 14.8 Å². The molecule has 2 heterocycles. The molecule has 0 bridgehead atoms. The van der Waals surface area contributed by atoms with E-state index in [0.29, 0.717) is 5.56 Å². The van der Waals surface area contributed by atoms with Crippen LogP contribution in [0.2, 0.25) is 0 Å². The van der Waals surface area contributed by atoms with Gasteiger partial charge in [-0.15, -0.1) is 5.10 Å². The van der Waals surface area contributed by atoms with E-state index in [9.17, 15) is 19.2 Å². The number of methoxy groups -OCH3 is 1. The summed E-state index contributed by atoms with van der Waals surface area (Å²) in [5.41, 5.74) is 1.76. The van der Waals surface area contributed by atoms with E-state index in [2.05, 4.69) is 21.9 Å². The fourth-order valence-corrected chi connectivity index (χ4v) is 3.44. The number of esters is 4. The molecule has 1 aliphatic heterocycles. The lowest BCUT2D eigenvalue weighted by Crippen LogP contribution is -2.41.